The van der Waals surface area contributed by atoms with Gasteiger partial charge in [0.15, 0.2) is 0 Å². The van der Waals surface area contributed by atoms with Crippen molar-refractivity contribution in [2.45, 2.75) is 0 Å². The molecule has 5 aromatic rings. The average Bonchev–Trinajstić information content (AvgIpc) is 3.06. The van der Waals surface area contributed by atoms with E-state index < -0.39 is 0 Å². The van der Waals surface area contributed by atoms with Gasteiger partial charge in [-0.2, -0.15) is 0 Å². The van der Waals surface area contributed by atoms with E-state index in [1.807, 2.05) is 36.4 Å². The quantitative estimate of drug-likeness (QED) is 0.321. The van der Waals surface area contributed by atoms with Crippen LogP contribution in [0.1, 0.15) is 10.4 Å². The first-order valence-electron chi connectivity index (χ1n) is 8.59. The lowest BCUT2D eigenvalue weighted by atomic mass is 9.98. The maximum atomic E-state index is 11.3. The topological polar surface area (TPSA) is 34.9 Å². The summed E-state index contributed by atoms with van der Waals surface area (Å²) in [6.07, 6.45) is 0.890. The predicted octanol–water partition coefficient (Wildman–Crippen LogP) is 5.36. The molecule has 0 atom stereocenters. The molecule has 0 unspecified atom stereocenters. The summed E-state index contributed by atoms with van der Waals surface area (Å²) in [7, 11) is 2.06. The fraction of sp³-hybridized carbons (Fsp3) is 0.0435. The fourth-order valence-corrected chi connectivity index (χ4v) is 3.83. The Hall–Kier alpha value is -3.46. The number of hydrogen-bond donors (Lipinski definition) is 0. The van der Waals surface area contributed by atoms with Crippen molar-refractivity contribution < 1.29 is 4.79 Å². The molecule has 4 aromatic carbocycles. The summed E-state index contributed by atoms with van der Waals surface area (Å²) in [5, 5.41) is 4.48. The first-order valence-corrected chi connectivity index (χ1v) is 8.59. The van der Waals surface area contributed by atoms with Crippen LogP contribution in [0.4, 0.5) is 0 Å². The summed E-state index contributed by atoms with van der Waals surface area (Å²) >= 11 is 0. The van der Waals surface area contributed by atoms with Gasteiger partial charge in [0.1, 0.15) is 12.1 Å². The van der Waals surface area contributed by atoms with Crippen LogP contribution in [0.25, 0.3) is 44.0 Å². The standard InChI is InChI=1S/C23H16N2O/c1-25-22-19-10-6-5-9-17(19)18-12-11-15(14-26)13-20(18)21(22)24-23(25)16-7-3-2-4-8-16/h2-14H,1H3. The molecule has 5 rings (SSSR count). The number of aryl methyl sites for hydroxylation is 1. The number of rotatable bonds is 2. The second-order valence-corrected chi connectivity index (χ2v) is 6.53. The summed E-state index contributed by atoms with van der Waals surface area (Å²) in [5.41, 5.74) is 3.77. The molecule has 0 aliphatic rings. The molecule has 0 saturated carbocycles. The van der Waals surface area contributed by atoms with E-state index in [1.54, 1.807) is 0 Å². The highest BCUT2D eigenvalue weighted by Gasteiger charge is 2.16. The van der Waals surface area contributed by atoms with Crippen LogP contribution in [-0.4, -0.2) is 15.8 Å². The van der Waals surface area contributed by atoms with E-state index in [9.17, 15) is 4.79 Å². The van der Waals surface area contributed by atoms with Gasteiger partial charge < -0.3 is 4.57 Å². The number of aldehydes is 1. The molecule has 3 heteroatoms. The minimum absolute atomic E-state index is 0.668. The second kappa shape index (κ2) is 5.53. The summed E-state index contributed by atoms with van der Waals surface area (Å²) in [5.74, 6) is 0.926. The van der Waals surface area contributed by atoms with Crippen molar-refractivity contribution in [2.24, 2.45) is 7.05 Å². The van der Waals surface area contributed by atoms with E-state index >= 15 is 0 Å². The molecule has 0 aliphatic heterocycles. The lowest BCUT2D eigenvalue weighted by Crippen LogP contribution is -1.93. The largest absolute Gasteiger partial charge is 0.327 e. The molecular formula is C23H16N2O. The van der Waals surface area contributed by atoms with E-state index in [0.29, 0.717) is 5.56 Å². The smallest absolute Gasteiger partial charge is 0.150 e. The molecule has 0 spiro atoms. The molecule has 3 nitrogen and oxygen atoms in total. The molecule has 0 radical (unpaired) electrons. The zero-order valence-corrected chi connectivity index (χ0v) is 14.3. The van der Waals surface area contributed by atoms with E-state index in [2.05, 4.69) is 48.0 Å². The van der Waals surface area contributed by atoms with Gasteiger partial charge in [-0.15, -0.1) is 0 Å². The van der Waals surface area contributed by atoms with Gasteiger partial charge in [0.25, 0.3) is 0 Å². The van der Waals surface area contributed by atoms with Crippen LogP contribution in [0.2, 0.25) is 0 Å². The predicted molar refractivity (Wildman–Crippen MR) is 107 cm³/mol. The Kier molecular flexibility index (Phi) is 3.16. The lowest BCUT2D eigenvalue weighted by Gasteiger charge is -2.08. The molecule has 1 aromatic heterocycles. The lowest BCUT2D eigenvalue weighted by molar-refractivity contribution is 0.112. The van der Waals surface area contributed by atoms with Gasteiger partial charge in [0, 0.05) is 28.9 Å². The van der Waals surface area contributed by atoms with Crippen LogP contribution in [-0.2, 0) is 7.05 Å². The Morgan fingerprint density at radius 3 is 2.27 bits per heavy atom. The Bertz CT molecular complexity index is 1300. The number of hydrogen-bond acceptors (Lipinski definition) is 2. The third kappa shape index (κ3) is 2.01. The van der Waals surface area contributed by atoms with Crippen LogP contribution >= 0.6 is 0 Å². The number of carbonyl (C=O) groups is 1. The Morgan fingerprint density at radius 2 is 1.50 bits per heavy atom. The highest BCUT2D eigenvalue weighted by molar-refractivity contribution is 6.24. The van der Waals surface area contributed by atoms with Gasteiger partial charge in [0.05, 0.1) is 11.0 Å². The molecule has 0 aliphatic carbocycles. The van der Waals surface area contributed by atoms with Crippen LogP contribution in [0.5, 0.6) is 0 Å². The van der Waals surface area contributed by atoms with E-state index in [1.165, 1.54) is 10.8 Å². The summed E-state index contributed by atoms with van der Waals surface area (Å²) in [4.78, 5) is 16.3. The van der Waals surface area contributed by atoms with Crippen LogP contribution < -0.4 is 0 Å². The fourth-order valence-electron chi connectivity index (χ4n) is 3.83. The maximum Gasteiger partial charge on any atom is 0.150 e. The zero-order valence-electron chi connectivity index (χ0n) is 14.3. The molecule has 124 valence electrons. The Balaban J connectivity index is 2.03. The number of nitrogens with zero attached hydrogens (tertiary/aromatic N) is 2. The Morgan fingerprint density at radius 1 is 0.808 bits per heavy atom. The van der Waals surface area contributed by atoms with Crippen LogP contribution in [0.15, 0.2) is 72.8 Å². The number of imidazole rings is 1. The van der Waals surface area contributed by atoms with Crippen LogP contribution in [0, 0.1) is 0 Å². The molecule has 0 saturated heterocycles. The summed E-state index contributed by atoms with van der Waals surface area (Å²) < 4.78 is 2.15. The molecule has 0 fully saturated rings. The molecule has 0 N–H and O–H groups in total. The number of carbonyl (C=O) groups excluding carboxylic acids is 1. The zero-order chi connectivity index (χ0) is 17.7. The first-order chi connectivity index (χ1) is 12.8. The van der Waals surface area contributed by atoms with Crippen molar-refractivity contribution >= 4 is 38.9 Å². The summed E-state index contributed by atoms with van der Waals surface area (Å²) in [6, 6.07) is 24.4. The highest BCUT2D eigenvalue weighted by Crippen LogP contribution is 2.37. The second-order valence-electron chi connectivity index (χ2n) is 6.53. The normalized spacial score (nSPS) is 11.4. The van der Waals surface area contributed by atoms with Crippen molar-refractivity contribution in [3.63, 3.8) is 0 Å². The molecule has 26 heavy (non-hydrogen) atoms. The third-order valence-electron chi connectivity index (χ3n) is 5.03. The first kappa shape index (κ1) is 14.8. The van der Waals surface area contributed by atoms with Gasteiger partial charge >= 0.3 is 0 Å². The number of fused-ring (bicyclic) bond motifs is 6. The van der Waals surface area contributed by atoms with Gasteiger partial charge in [-0.05, 0) is 16.8 Å². The SMILES string of the molecule is Cn1c(-c2ccccc2)nc2c3cc(C=O)ccc3c3ccccc3c21. The van der Waals surface area contributed by atoms with Crippen molar-refractivity contribution in [2.75, 3.05) is 0 Å². The number of aromatic nitrogens is 2. The van der Waals surface area contributed by atoms with Gasteiger partial charge in [-0.1, -0.05) is 66.7 Å². The monoisotopic (exact) mass is 336 g/mol. The van der Waals surface area contributed by atoms with Gasteiger partial charge in [-0.3, -0.25) is 4.79 Å². The van der Waals surface area contributed by atoms with Crippen LogP contribution in [0.3, 0.4) is 0 Å². The van der Waals surface area contributed by atoms with Crippen molar-refractivity contribution in [1.82, 2.24) is 9.55 Å². The van der Waals surface area contributed by atoms with Crippen molar-refractivity contribution in [3.8, 4) is 11.4 Å². The van der Waals surface area contributed by atoms with Gasteiger partial charge in [-0.25, -0.2) is 4.98 Å². The molecule has 1 heterocycles. The van der Waals surface area contributed by atoms with E-state index in [-0.39, 0.29) is 0 Å². The van der Waals surface area contributed by atoms with Gasteiger partial charge in [0.2, 0.25) is 0 Å². The summed E-state index contributed by atoms with van der Waals surface area (Å²) in [6.45, 7) is 0. The third-order valence-corrected chi connectivity index (χ3v) is 5.03. The van der Waals surface area contributed by atoms with Crippen molar-refractivity contribution in [1.29, 1.82) is 0 Å². The minimum Gasteiger partial charge on any atom is -0.327 e. The number of benzene rings is 4. The van der Waals surface area contributed by atoms with E-state index in [4.69, 9.17) is 4.98 Å². The minimum atomic E-state index is 0.668. The van der Waals surface area contributed by atoms with Crippen molar-refractivity contribution in [3.05, 3.63) is 78.4 Å². The average molecular weight is 336 g/mol. The molecular weight excluding hydrogens is 320 g/mol. The molecule has 0 amide bonds. The highest BCUT2D eigenvalue weighted by atomic mass is 16.1. The molecule has 0 bridgehead atoms. The van der Waals surface area contributed by atoms with E-state index in [0.717, 1.165) is 39.5 Å². The maximum absolute atomic E-state index is 11.3. The Labute approximate surface area is 150 Å².